The molecular weight excluding hydrogens is 244 g/mol. The third kappa shape index (κ3) is 3.34. The zero-order valence-corrected chi connectivity index (χ0v) is 12.0. The fourth-order valence-electron chi connectivity index (χ4n) is 1.70. The Morgan fingerprint density at radius 3 is 2.16 bits per heavy atom. The number of esters is 1. The summed E-state index contributed by atoms with van der Waals surface area (Å²) in [7, 11) is 0. The fourth-order valence-corrected chi connectivity index (χ4v) is 1.70. The van der Waals surface area contributed by atoms with Crippen LogP contribution in [0.1, 0.15) is 60.9 Å². The van der Waals surface area contributed by atoms with E-state index in [0.717, 1.165) is 5.56 Å². The van der Waals surface area contributed by atoms with E-state index in [0.29, 0.717) is 0 Å². The predicted molar refractivity (Wildman–Crippen MR) is 72.8 cm³/mol. The van der Waals surface area contributed by atoms with Crippen LogP contribution in [0, 0.1) is 0 Å². The summed E-state index contributed by atoms with van der Waals surface area (Å²) >= 11 is 0. The maximum atomic E-state index is 11.8. The van der Waals surface area contributed by atoms with Crippen LogP contribution in [0.3, 0.4) is 0 Å². The molecule has 0 saturated heterocycles. The van der Waals surface area contributed by atoms with Gasteiger partial charge in [-0.05, 0) is 37.0 Å². The zero-order chi connectivity index (χ0) is 14.8. The highest BCUT2D eigenvalue weighted by Crippen LogP contribution is 2.31. The average molecular weight is 264 g/mol. The molecule has 1 aromatic rings. The van der Waals surface area contributed by atoms with Gasteiger partial charge in [0.1, 0.15) is 11.3 Å². The Morgan fingerprint density at radius 2 is 1.74 bits per heavy atom. The molecule has 1 N–H and O–H groups in total. The lowest BCUT2D eigenvalue weighted by Crippen LogP contribution is -2.15. The van der Waals surface area contributed by atoms with Crippen molar-refractivity contribution in [2.24, 2.45) is 0 Å². The average Bonchev–Trinajstić information content (AvgIpc) is 2.27. The minimum Gasteiger partial charge on any atom is -0.506 e. The fraction of sp³-hybridized carbons (Fsp3) is 0.467. The molecule has 0 amide bonds. The molecule has 4 nitrogen and oxygen atoms in total. The molecule has 0 saturated carbocycles. The molecule has 0 spiro atoms. The highest BCUT2D eigenvalue weighted by Gasteiger charge is 2.23. The van der Waals surface area contributed by atoms with Gasteiger partial charge in [0.05, 0.1) is 12.2 Å². The molecule has 104 valence electrons. The number of hydrogen-bond acceptors (Lipinski definition) is 4. The number of benzene rings is 1. The number of hydrogen-bond donors (Lipinski definition) is 1. The van der Waals surface area contributed by atoms with Crippen molar-refractivity contribution in [3.05, 3.63) is 28.8 Å². The van der Waals surface area contributed by atoms with Crippen molar-refractivity contribution in [2.45, 2.75) is 40.0 Å². The number of rotatable bonds is 3. The number of carbonyl (C=O) groups excluding carboxylic acids is 2. The van der Waals surface area contributed by atoms with Gasteiger partial charge in [-0.15, -0.1) is 0 Å². The van der Waals surface area contributed by atoms with E-state index in [4.69, 9.17) is 4.74 Å². The van der Waals surface area contributed by atoms with Crippen LogP contribution in [0.2, 0.25) is 0 Å². The van der Waals surface area contributed by atoms with E-state index >= 15 is 0 Å². The second-order valence-electron chi connectivity index (χ2n) is 5.45. The van der Waals surface area contributed by atoms with Crippen LogP contribution < -0.4 is 0 Å². The molecule has 0 aliphatic rings. The monoisotopic (exact) mass is 264 g/mol. The Hall–Kier alpha value is -1.84. The van der Waals surface area contributed by atoms with Crippen molar-refractivity contribution in [3.63, 3.8) is 0 Å². The van der Waals surface area contributed by atoms with Gasteiger partial charge in [0.25, 0.3) is 0 Å². The molecular formula is C15H20O4. The Balaban J connectivity index is 3.49. The first-order valence-electron chi connectivity index (χ1n) is 6.24. The van der Waals surface area contributed by atoms with Gasteiger partial charge in [-0.1, -0.05) is 20.8 Å². The van der Waals surface area contributed by atoms with Crippen LogP contribution in [0.5, 0.6) is 5.75 Å². The summed E-state index contributed by atoms with van der Waals surface area (Å²) in [5.74, 6) is -1.21. The molecule has 0 aliphatic heterocycles. The van der Waals surface area contributed by atoms with Crippen LogP contribution in [0.15, 0.2) is 12.1 Å². The summed E-state index contributed by atoms with van der Waals surface area (Å²) in [4.78, 5) is 23.4. The van der Waals surface area contributed by atoms with E-state index in [1.165, 1.54) is 6.92 Å². The molecule has 0 atom stereocenters. The highest BCUT2D eigenvalue weighted by atomic mass is 16.5. The van der Waals surface area contributed by atoms with Crippen LogP contribution in [-0.4, -0.2) is 23.5 Å². The largest absolute Gasteiger partial charge is 0.506 e. The summed E-state index contributed by atoms with van der Waals surface area (Å²) in [5, 5.41) is 10.0. The standard InChI is InChI=1S/C15H20O4/c1-6-19-14(18)12-8-10(15(3,4)5)7-11(9(2)16)13(12)17/h7-8,17H,6H2,1-5H3. The molecule has 1 aromatic carbocycles. The van der Waals surface area contributed by atoms with E-state index in [1.807, 2.05) is 20.8 Å². The Labute approximate surface area is 113 Å². The predicted octanol–water partition coefficient (Wildman–Crippen LogP) is 3.07. The number of ketones is 1. The normalized spacial score (nSPS) is 11.2. The first-order valence-corrected chi connectivity index (χ1v) is 6.24. The molecule has 4 heteroatoms. The smallest absolute Gasteiger partial charge is 0.341 e. The minimum atomic E-state index is -0.617. The number of Topliss-reactive ketones (excluding diaryl/α,β-unsaturated/α-hetero) is 1. The summed E-state index contributed by atoms with van der Waals surface area (Å²) in [5.41, 5.74) is 0.757. The molecule has 0 unspecified atom stereocenters. The Kier molecular flexibility index (Phi) is 4.35. The molecule has 19 heavy (non-hydrogen) atoms. The van der Waals surface area contributed by atoms with E-state index in [2.05, 4.69) is 0 Å². The van der Waals surface area contributed by atoms with E-state index in [9.17, 15) is 14.7 Å². The van der Waals surface area contributed by atoms with E-state index in [-0.39, 0.29) is 34.7 Å². The van der Waals surface area contributed by atoms with Gasteiger partial charge >= 0.3 is 5.97 Å². The first kappa shape index (κ1) is 15.2. The molecule has 0 heterocycles. The van der Waals surface area contributed by atoms with Crippen molar-refractivity contribution >= 4 is 11.8 Å². The van der Waals surface area contributed by atoms with Gasteiger partial charge in [-0.25, -0.2) is 4.79 Å². The van der Waals surface area contributed by atoms with E-state index < -0.39 is 5.97 Å². The highest BCUT2D eigenvalue weighted by molar-refractivity contribution is 6.02. The van der Waals surface area contributed by atoms with Crippen molar-refractivity contribution in [2.75, 3.05) is 6.61 Å². The molecule has 0 radical (unpaired) electrons. The van der Waals surface area contributed by atoms with Gasteiger partial charge in [-0.3, -0.25) is 4.79 Å². The number of carbonyl (C=O) groups is 2. The lowest BCUT2D eigenvalue weighted by Gasteiger charge is -2.21. The van der Waals surface area contributed by atoms with Crippen molar-refractivity contribution < 1.29 is 19.4 Å². The molecule has 1 rings (SSSR count). The van der Waals surface area contributed by atoms with Crippen LogP contribution in [-0.2, 0) is 10.2 Å². The zero-order valence-electron chi connectivity index (χ0n) is 12.0. The summed E-state index contributed by atoms with van der Waals surface area (Å²) in [6.07, 6.45) is 0. The summed E-state index contributed by atoms with van der Waals surface area (Å²) in [6.45, 7) is 9.17. The van der Waals surface area contributed by atoms with Gasteiger partial charge in [0.2, 0.25) is 0 Å². The summed E-state index contributed by atoms with van der Waals surface area (Å²) < 4.78 is 4.90. The lowest BCUT2D eigenvalue weighted by molar-refractivity contribution is 0.0523. The number of ether oxygens (including phenoxy) is 1. The summed E-state index contributed by atoms with van der Waals surface area (Å²) in [6, 6.07) is 3.21. The number of aromatic hydroxyl groups is 1. The molecule has 0 aromatic heterocycles. The third-order valence-electron chi connectivity index (χ3n) is 2.85. The molecule has 0 fully saturated rings. The van der Waals surface area contributed by atoms with Gasteiger partial charge in [0.15, 0.2) is 5.78 Å². The number of phenolic OH excluding ortho intramolecular Hbond substituents is 1. The first-order chi connectivity index (χ1) is 8.68. The van der Waals surface area contributed by atoms with E-state index in [1.54, 1.807) is 19.1 Å². The molecule has 0 aliphatic carbocycles. The maximum Gasteiger partial charge on any atom is 0.341 e. The quantitative estimate of drug-likeness (QED) is 0.673. The topological polar surface area (TPSA) is 63.6 Å². The van der Waals surface area contributed by atoms with Gasteiger partial charge in [-0.2, -0.15) is 0 Å². The van der Waals surface area contributed by atoms with Crippen molar-refractivity contribution in [3.8, 4) is 5.75 Å². The van der Waals surface area contributed by atoms with Crippen molar-refractivity contribution in [1.82, 2.24) is 0 Å². The van der Waals surface area contributed by atoms with Crippen LogP contribution in [0.25, 0.3) is 0 Å². The number of phenols is 1. The SMILES string of the molecule is CCOC(=O)c1cc(C(C)(C)C)cc(C(C)=O)c1O. The second kappa shape index (κ2) is 5.43. The molecule has 0 bridgehead atoms. The van der Waals surface area contributed by atoms with Crippen molar-refractivity contribution in [1.29, 1.82) is 0 Å². The van der Waals surface area contributed by atoms with Crippen LogP contribution >= 0.6 is 0 Å². The van der Waals surface area contributed by atoms with Gasteiger partial charge in [0, 0.05) is 0 Å². The van der Waals surface area contributed by atoms with Gasteiger partial charge < -0.3 is 9.84 Å². The lowest BCUT2D eigenvalue weighted by atomic mass is 9.84. The Bertz CT molecular complexity index is 510. The minimum absolute atomic E-state index is 0.0412. The third-order valence-corrected chi connectivity index (χ3v) is 2.85. The van der Waals surface area contributed by atoms with Crippen LogP contribution in [0.4, 0.5) is 0 Å². The maximum absolute atomic E-state index is 11.8. The Morgan fingerprint density at radius 1 is 1.21 bits per heavy atom. The second-order valence-corrected chi connectivity index (χ2v) is 5.45.